The molecule has 0 aliphatic carbocycles. The molecule has 0 aliphatic rings. The minimum atomic E-state index is -0.487. The van der Waals surface area contributed by atoms with E-state index >= 15 is 0 Å². The predicted octanol–water partition coefficient (Wildman–Crippen LogP) is 1.04. The van der Waals surface area contributed by atoms with E-state index in [4.69, 9.17) is 10.5 Å². The molecule has 4 nitrogen and oxygen atoms in total. The summed E-state index contributed by atoms with van der Waals surface area (Å²) in [5.74, 6) is 1.48. The third-order valence-electron chi connectivity index (χ3n) is 1.80. The molecule has 1 atom stereocenters. The van der Waals surface area contributed by atoms with Crippen molar-refractivity contribution in [3.05, 3.63) is 0 Å². The number of esters is 1. The molecule has 0 bridgehead atoms. The Morgan fingerprint density at radius 3 is 2.73 bits per heavy atom. The Morgan fingerprint density at radius 1 is 1.40 bits per heavy atom. The fourth-order valence-electron chi connectivity index (χ4n) is 0.946. The molecule has 0 heterocycles. The predicted molar refractivity (Wildman–Crippen MR) is 63.0 cm³/mol. The van der Waals surface area contributed by atoms with Gasteiger partial charge in [-0.2, -0.15) is 11.8 Å². The van der Waals surface area contributed by atoms with Gasteiger partial charge in [0.15, 0.2) is 0 Å². The van der Waals surface area contributed by atoms with Crippen LogP contribution in [0.2, 0.25) is 0 Å². The lowest BCUT2D eigenvalue weighted by Gasteiger charge is -2.08. The minimum absolute atomic E-state index is 0.335. The smallest absolute Gasteiger partial charge is 0.322 e. The van der Waals surface area contributed by atoms with Gasteiger partial charge in [-0.15, -0.1) is 0 Å². The van der Waals surface area contributed by atoms with Crippen LogP contribution in [0, 0.1) is 0 Å². The van der Waals surface area contributed by atoms with E-state index < -0.39 is 6.04 Å². The zero-order valence-corrected chi connectivity index (χ0v) is 10.3. The highest BCUT2D eigenvalue weighted by Crippen LogP contribution is 2.04. The van der Waals surface area contributed by atoms with E-state index in [1.165, 1.54) is 7.11 Å². The van der Waals surface area contributed by atoms with Crippen LogP contribution in [-0.2, 0) is 14.3 Å². The monoisotopic (exact) mass is 235 g/mol. The van der Waals surface area contributed by atoms with Crippen LogP contribution in [0.3, 0.4) is 0 Å². The third-order valence-corrected chi connectivity index (χ3v) is 2.78. The summed E-state index contributed by atoms with van der Waals surface area (Å²) >= 11 is 1.75. The molecule has 2 N–H and O–H groups in total. The lowest BCUT2D eigenvalue weighted by Crippen LogP contribution is -2.32. The summed E-state index contributed by atoms with van der Waals surface area (Å²) in [6.07, 6.45) is 1.71. The molecule has 90 valence electrons. The van der Waals surface area contributed by atoms with Gasteiger partial charge in [0.25, 0.3) is 0 Å². The molecule has 0 rings (SSSR count). The fourth-order valence-corrected chi connectivity index (χ4v) is 1.81. The van der Waals surface area contributed by atoms with Gasteiger partial charge in [0.05, 0.1) is 13.7 Å². The molecule has 0 aromatic carbocycles. The number of thioether (sulfide) groups is 1. The van der Waals surface area contributed by atoms with Crippen molar-refractivity contribution < 1.29 is 14.3 Å². The van der Waals surface area contributed by atoms with E-state index in [0.29, 0.717) is 6.42 Å². The van der Waals surface area contributed by atoms with E-state index in [0.717, 1.165) is 31.1 Å². The van der Waals surface area contributed by atoms with Crippen molar-refractivity contribution in [3.63, 3.8) is 0 Å². The van der Waals surface area contributed by atoms with Crippen LogP contribution in [0.4, 0.5) is 0 Å². The van der Waals surface area contributed by atoms with Crippen molar-refractivity contribution in [3.8, 4) is 0 Å². The Hall–Kier alpha value is -0.260. The molecule has 0 saturated heterocycles. The van der Waals surface area contributed by atoms with Crippen molar-refractivity contribution in [1.82, 2.24) is 0 Å². The first kappa shape index (κ1) is 14.7. The van der Waals surface area contributed by atoms with Gasteiger partial charge >= 0.3 is 5.97 Å². The average molecular weight is 235 g/mol. The summed E-state index contributed by atoms with van der Waals surface area (Å²) in [5, 5.41) is 0. The number of nitrogens with two attached hydrogens (primary N) is 1. The van der Waals surface area contributed by atoms with Crippen molar-refractivity contribution in [2.75, 3.05) is 31.8 Å². The van der Waals surface area contributed by atoms with Crippen LogP contribution in [-0.4, -0.2) is 43.8 Å². The topological polar surface area (TPSA) is 61.5 Å². The zero-order valence-electron chi connectivity index (χ0n) is 9.53. The molecule has 0 radical (unpaired) electrons. The highest BCUT2D eigenvalue weighted by Gasteiger charge is 2.12. The van der Waals surface area contributed by atoms with Crippen LogP contribution in [0.25, 0.3) is 0 Å². The summed E-state index contributed by atoms with van der Waals surface area (Å²) in [5.41, 5.74) is 5.57. The van der Waals surface area contributed by atoms with Crippen molar-refractivity contribution in [2.24, 2.45) is 5.73 Å². The van der Waals surface area contributed by atoms with Gasteiger partial charge in [-0.3, -0.25) is 4.79 Å². The summed E-state index contributed by atoms with van der Waals surface area (Å²) in [7, 11) is 1.36. The largest absolute Gasteiger partial charge is 0.468 e. The van der Waals surface area contributed by atoms with E-state index in [9.17, 15) is 4.79 Å². The minimum Gasteiger partial charge on any atom is -0.468 e. The molecule has 0 spiro atoms. The quantitative estimate of drug-likeness (QED) is 0.478. The molecule has 0 aliphatic heterocycles. The van der Waals surface area contributed by atoms with E-state index in [1.807, 2.05) is 0 Å². The molecule has 5 heteroatoms. The standard InChI is InChI=1S/C10H21NO3S/c1-3-5-14-6-8-15-7-4-9(11)10(12)13-2/h9H,3-8,11H2,1-2H3. The molecule has 0 fully saturated rings. The number of hydrogen-bond acceptors (Lipinski definition) is 5. The maximum absolute atomic E-state index is 10.9. The van der Waals surface area contributed by atoms with Crippen molar-refractivity contribution in [2.45, 2.75) is 25.8 Å². The molecule has 0 aromatic heterocycles. The Labute approximate surface area is 95.9 Å². The Bertz CT molecular complexity index is 167. The Kier molecular flexibility index (Phi) is 10.1. The highest BCUT2D eigenvalue weighted by atomic mass is 32.2. The van der Waals surface area contributed by atoms with Crippen molar-refractivity contribution >= 4 is 17.7 Å². The molecule has 15 heavy (non-hydrogen) atoms. The second-order valence-electron chi connectivity index (χ2n) is 3.14. The summed E-state index contributed by atoms with van der Waals surface area (Å²) in [4.78, 5) is 10.9. The van der Waals surface area contributed by atoms with E-state index in [-0.39, 0.29) is 5.97 Å². The molecule has 1 unspecified atom stereocenters. The number of ether oxygens (including phenoxy) is 2. The second-order valence-corrected chi connectivity index (χ2v) is 4.37. The SMILES string of the molecule is CCCOCCSCCC(N)C(=O)OC. The van der Waals surface area contributed by atoms with Crippen molar-refractivity contribution in [1.29, 1.82) is 0 Å². The van der Waals surface area contributed by atoms with Gasteiger partial charge in [-0.05, 0) is 18.6 Å². The highest BCUT2D eigenvalue weighted by molar-refractivity contribution is 7.99. The molecule has 0 aromatic rings. The van der Waals surface area contributed by atoms with Gasteiger partial charge in [-0.1, -0.05) is 6.92 Å². The lowest BCUT2D eigenvalue weighted by molar-refractivity contribution is -0.142. The fraction of sp³-hybridized carbons (Fsp3) is 0.900. The van der Waals surface area contributed by atoms with Crippen LogP contribution < -0.4 is 5.73 Å². The number of carbonyl (C=O) groups is 1. The normalized spacial score (nSPS) is 12.5. The van der Waals surface area contributed by atoms with Gasteiger partial charge in [0.1, 0.15) is 6.04 Å². The van der Waals surface area contributed by atoms with Crippen LogP contribution in [0.5, 0.6) is 0 Å². The van der Waals surface area contributed by atoms with Crippen LogP contribution in [0.15, 0.2) is 0 Å². The maximum atomic E-state index is 10.9. The van der Waals surface area contributed by atoms with Gasteiger partial charge in [-0.25, -0.2) is 0 Å². The maximum Gasteiger partial charge on any atom is 0.322 e. The van der Waals surface area contributed by atoms with Crippen LogP contribution in [0.1, 0.15) is 19.8 Å². The molecule has 0 saturated carbocycles. The average Bonchev–Trinajstić information content (AvgIpc) is 2.26. The number of hydrogen-bond donors (Lipinski definition) is 1. The Balaban J connectivity index is 3.20. The van der Waals surface area contributed by atoms with E-state index in [1.54, 1.807) is 11.8 Å². The number of rotatable bonds is 9. The first-order valence-electron chi connectivity index (χ1n) is 5.21. The molecule has 0 amide bonds. The number of methoxy groups -OCH3 is 1. The number of carbonyl (C=O) groups excluding carboxylic acids is 1. The van der Waals surface area contributed by atoms with Gasteiger partial charge in [0, 0.05) is 12.4 Å². The second kappa shape index (κ2) is 10.3. The summed E-state index contributed by atoms with van der Waals surface area (Å²) < 4.78 is 9.84. The van der Waals surface area contributed by atoms with Gasteiger partial charge < -0.3 is 15.2 Å². The first-order chi connectivity index (χ1) is 7.22. The summed E-state index contributed by atoms with van der Waals surface area (Å²) in [6.45, 7) is 3.68. The summed E-state index contributed by atoms with van der Waals surface area (Å²) in [6, 6.07) is -0.487. The molecular formula is C10H21NO3S. The van der Waals surface area contributed by atoms with Gasteiger partial charge in [0.2, 0.25) is 0 Å². The Morgan fingerprint density at radius 2 is 2.13 bits per heavy atom. The first-order valence-corrected chi connectivity index (χ1v) is 6.36. The van der Waals surface area contributed by atoms with E-state index in [2.05, 4.69) is 11.7 Å². The molecular weight excluding hydrogens is 214 g/mol. The third kappa shape index (κ3) is 8.72. The van der Waals surface area contributed by atoms with Crippen LogP contribution >= 0.6 is 11.8 Å². The zero-order chi connectivity index (χ0) is 11.5. The lowest BCUT2D eigenvalue weighted by atomic mass is 10.2.